The Morgan fingerprint density at radius 2 is 1.13 bits per heavy atom. The fourth-order valence-electron chi connectivity index (χ4n) is 8.71. The van der Waals surface area contributed by atoms with E-state index in [0.29, 0.717) is 0 Å². The molecular weight excluding hydrogens is 677 g/mol. The van der Waals surface area contributed by atoms with Crippen molar-refractivity contribution in [3.63, 3.8) is 0 Å². The lowest BCUT2D eigenvalue weighted by molar-refractivity contribution is 0.669. The van der Waals surface area contributed by atoms with Crippen LogP contribution in [-0.2, 0) is 0 Å². The predicted octanol–water partition coefficient (Wildman–Crippen LogP) is 14.8. The zero-order valence-electron chi connectivity index (χ0n) is 29.0. The van der Waals surface area contributed by atoms with Gasteiger partial charge in [-0.15, -0.1) is 11.3 Å². The van der Waals surface area contributed by atoms with Crippen LogP contribution in [0.1, 0.15) is 0 Å². The summed E-state index contributed by atoms with van der Waals surface area (Å²) in [5.74, 6) is 0. The molecule has 12 rings (SSSR count). The molecule has 0 aliphatic carbocycles. The first-order valence-electron chi connectivity index (χ1n) is 18.3. The number of rotatable bonds is 4. The predicted molar refractivity (Wildman–Crippen MR) is 231 cm³/mol. The van der Waals surface area contributed by atoms with Gasteiger partial charge in [-0.05, 0) is 95.0 Å². The molecule has 0 unspecified atom stereocenters. The Balaban J connectivity index is 1.18. The largest absolute Gasteiger partial charge is 0.456 e. The molecule has 12 aromatic rings. The lowest BCUT2D eigenvalue weighted by atomic mass is 10.0. The topological polar surface area (TPSA) is 21.3 Å². The first kappa shape index (κ1) is 29.7. The number of fused-ring (bicyclic) bond motifs is 12. The molecule has 0 amide bonds. The SMILES string of the molecule is c1ccc(-n2c3ccc(N(c4ccc5oc6ccccc6c5c4)c4cccc5sc6cc7ccccc7cc6c45)cc3c3ccc4ccccc4c32)cc1. The van der Waals surface area contributed by atoms with Crippen LogP contribution in [0.15, 0.2) is 186 Å². The fourth-order valence-corrected chi connectivity index (χ4v) is 9.87. The number of hydrogen-bond acceptors (Lipinski definition) is 3. The van der Waals surface area contributed by atoms with E-state index in [4.69, 9.17) is 4.42 Å². The van der Waals surface area contributed by atoms with E-state index in [1.165, 1.54) is 63.5 Å². The van der Waals surface area contributed by atoms with E-state index in [1.54, 1.807) is 0 Å². The zero-order chi connectivity index (χ0) is 35.3. The van der Waals surface area contributed by atoms with Crippen molar-refractivity contribution in [2.24, 2.45) is 0 Å². The second-order valence-electron chi connectivity index (χ2n) is 14.1. The molecule has 54 heavy (non-hydrogen) atoms. The number of thiophene rings is 1. The third-order valence-electron chi connectivity index (χ3n) is 11.1. The Labute approximate surface area is 314 Å². The van der Waals surface area contributed by atoms with Crippen molar-refractivity contribution in [3.8, 4) is 5.69 Å². The zero-order valence-corrected chi connectivity index (χ0v) is 29.8. The summed E-state index contributed by atoms with van der Waals surface area (Å²) in [6.07, 6.45) is 0. The van der Waals surface area contributed by atoms with Gasteiger partial charge in [-0.25, -0.2) is 0 Å². The Morgan fingerprint density at radius 1 is 0.426 bits per heavy atom. The van der Waals surface area contributed by atoms with E-state index in [1.807, 2.05) is 17.4 Å². The Kier molecular flexibility index (Phi) is 6.21. The normalized spacial score (nSPS) is 12.1. The fraction of sp³-hybridized carbons (Fsp3) is 0. The monoisotopic (exact) mass is 706 g/mol. The van der Waals surface area contributed by atoms with Crippen molar-refractivity contribution in [1.82, 2.24) is 4.57 Å². The molecule has 0 aliphatic rings. The highest BCUT2D eigenvalue weighted by Gasteiger charge is 2.22. The summed E-state index contributed by atoms with van der Waals surface area (Å²) in [5.41, 5.74) is 8.67. The summed E-state index contributed by atoms with van der Waals surface area (Å²) in [7, 11) is 0. The lowest BCUT2D eigenvalue weighted by Gasteiger charge is -2.27. The molecule has 0 spiro atoms. The van der Waals surface area contributed by atoms with Crippen molar-refractivity contribution in [3.05, 3.63) is 182 Å². The van der Waals surface area contributed by atoms with Gasteiger partial charge in [0.2, 0.25) is 0 Å². The van der Waals surface area contributed by atoms with E-state index in [0.717, 1.165) is 44.7 Å². The van der Waals surface area contributed by atoms with Crippen molar-refractivity contribution in [2.75, 3.05) is 4.90 Å². The first-order chi connectivity index (χ1) is 26.8. The molecule has 3 nitrogen and oxygen atoms in total. The molecule has 0 saturated heterocycles. The number of para-hydroxylation sites is 2. The van der Waals surface area contributed by atoms with Crippen molar-refractivity contribution < 1.29 is 4.42 Å². The average molecular weight is 707 g/mol. The van der Waals surface area contributed by atoms with Gasteiger partial charge in [0.25, 0.3) is 0 Å². The summed E-state index contributed by atoms with van der Waals surface area (Å²) in [5, 5.41) is 12.2. The lowest BCUT2D eigenvalue weighted by Crippen LogP contribution is -2.10. The molecule has 0 bridgehead atoms. The summed E-state index contributed by atoms with van der Waals surface area (Å²) < 4.78 is 11.3. The average Bonchev–Trinajstić information content (AvgIpc) is 3.90. The van der Waals surface area contributed by atoms with Gasteiger partial charge in [0, 0.05) is 64.2 Å². The maximum absolute atomic E-state index is 6.32. The standard InChI is InChI=1S/C50H30N2OS/c1-2-14-34(15-3-1)52-43-25-22-35(29-40(43)39-24-21-31-11-6-7-16-37(31)50(39)52)51(36-23-26-46-41(30-36)38-17-8-9-19-45(38)53-46)44-18-10-20-47-49(44)42-27-32-12-4-5-13-33(32)28-48(42)54-47/h1-30H. The van der Waals surface area contributed by atoms with Gasteiger partial charge in [0.05, 0.1) is 16.7 Å². The molecule has 4 heteroatoms. The van der Waals surface area contributed by atoms with Gasteiger partial charge in [0.1, 0.15) is 11.2 Å². The first-order valence-corrected chi connectivity index (χ1v) is 19.2. The molecule has 3 aromatic heterocycles. The summed E-state index contributed by atoms with van der Waals surface area (Å²) in [4.78, 5) is 2.46. The second-order valence-corrected chi connectivity index (χ2v) is 15.2. The van der Waals surface area contributed by atoms with Crippen LogP contribution in [0.3, 0.4) is 0 Å². The molecule has 0 saturated carbocycles. The summed E-state index contributed by atoms with van der Waals surface area (Å²) >= 11 is 1.87. The minimum Gasteiger partial charge on any atom is -0.456 e. The van der Waals surface area contributed by atoms with E-state index in [-0.39, 0.29) is 0 Å². The molecule has 9 aromatic carbocycles. The van der Waals surface area contributed by atoms with Crippen molar-refractivity contribution in [2.45, 2.75) is 0 Å². The van der Waals surface area contributed by atoms with Gasteiger partial charge in [-0.1, -0.05) is 103 Å². The molecule has 0 fully saturated rings. The van der Waals surface area contributed by atoms with E-state index in [9.17, 15) is 0 Å². The van der Waals surface area contributed by atoms with Crippen LogP contribution >= 0.6 is 11.3 Å². The van der Waals surface area contributed by atoms with E-state index >= 15 is 0 Å². The smallest absolute Gasteiger partial charge is 0.135 e. The third kappa shape index (κ3) is 4.29. The summed E-state index contributed by atoms with van der Waals surface area (Å²) in [6, 6.07) is 66.2. The highest BCUT2D eigenvalue weighted by atomic mass is 32.1. The highest BCUT2D eigenvalue weighted by Crippen LogP contribution is 2.48. The molecular formula is C50H30N2OS. The number of furan rings is 1. The van der Waals surface area contributed by atoms with Gasteiger partial charge in [0.15, 0.2) is 0 Å². The van der Waals surface area contributed by atoms with Crippen molar-refractivity contribution in [1.29, 1.82) is 0 Å². The Hall–Kier alpha value is -6.88. The number of nitrogens with zero attached hydrogens (tertiary/aromatic N) is 2. The van der Waals surface area contributed by atoms with E-state index in [2.05, 4.69) is 185 Å². The minimum absolute atomic E-state index is 0.888. The molecule has 0 radical (unpaired) electrons. The molecule has 0 N–H and O–H groups in total. The van der Waals surface area contributed by atoms with Crippen LogP contribution in [0.5, 0.6) is 0 Å². The minimum atomic E-state index is 0.888. The molecule has 0 atom stereocenters. The van der Waals surface area contributed by atoms with Crippen LogP contribution in [0.2, 0.25) is 0 Å². The van der Waals surface area contributed by atoms with Gasteiger partial charge >= 0.3 is 0 Å². The third-order valence-corrected chi connectivity index (χ3v) is 12.2. The van der Waals surface area contributed by atoms with Gasteiger partial charge in [-0.2, -0.15) is 0 Å². The number of aromatic nitrogens is 1. The molecule has 3 heterocycles. The highest BCUT2D eigenvalue weighted by molar-refractivity contribution is 7.26. The van der Waals surface area contributed by atoms with E-state index < -0.39 is 0 Å². The quantitative estimate of drug-likeness (QED) is 0.182. The van der Waals surface area contributed by atoms with Crippen LogP contribution in [0.25, 0.3) is 91.1 Å². The van der Waals surface area contributed by atoms with Crippen LogP contribution < -0.4 is 4.90 Å². The summed E-state index contributed by atoms with van der Waals surface area (Å²) in [6.45, 7) is 0. The Morgan fingerprint density at radius 3 is 2.00 bits per heavy atom. The maximum atomic E-state index is 6.32. The van der Waals surface area contributed by atoms with Crippen molar-refractivity contribution >= 4 is 114 Å². The van der Waals surface area contributed by atoms with Gasteiger partial charge < -0.3 is 13.9 Å². The second kappa shape index (κ2) is 11.3. The number of benzene rings is 9. The molecule has 252 valence electrons. The van der Waals surface area contributed by atoms with Gasteiger partial charge in [-0.3, -0.25) is 0 Å². The Bertz CT molecular complexity index is 3460. The molecule has 0 aliphatic heterocycles. The van der Waals surface area contributed by atoms with Crippen LogP contribution in [0.4, 0.5) is 17.1 Å². The number of anilines is 3. The van der Waals surface area contributed by atoms with Crippen LogP contribution in [-0.4, -0.2) is 4.57 Å². The maximum Gasteiger partial charge on any atom is 0.135 e. The number of hydrogen-bond donors (Lipinski definition) is 0. The van der Waals surface area contributed by atoms with Crippen LogP contribution in [0, 0.1) is 0 Å².